The Bertz CT molecular complexity index is 637. The van der Waals surface area contributed by atoms with Crippen LogP contribution in [0.15, 0.2) is 41.0 Å². The summed E-state index contributed by atoms with van der Waals surface area (Å²) in [5.41, 5.74) is 0.664. The Hall–Kier alpha value is -2.02. The molecule has 0 spiro atoms. The lowest BCUT2D eigenvalue weighted by Crippen LogP contribution is -2.10. The van der Waals surface area contributed by atoms with Crippen molar-refractivity contribution in [1.82, 2.24) is 4.98 Å². The fourth-order valence-electron chi connectivity index (χ4n) is 1.74. The zero-order valence-electron chi connectivity index (χ0n) is 10.5. The van der Waals surface area contributed by atoms with E-state index in [4.69, 9.17) is 0 Å². The minimum atomic E-state index is -0.673. The third-order valence-corrected chi connectivity index (χ3v) is 3.35. The summed E-state index contributed by atoms with van der Waals surface area (Å²) in [6.45, 7) is 1.82. The highest BCUT2D eigenvalue weighted by Crippen LogP contribution is 2.32. The van der Waals surface area contributed by atoms with Gasteiger partial charge >= 0.3 is 0 Å². The lowest BCUT2D eigenvalue weighted by Gasteiger charge is -2.15. The van der Waals surface area contributed by atoms with Crippen molar-refractivity contribution in [1.29, 1.82) is 0 Å². The van der Waals surface area contributed by atoms with Gasteiger partial charge in [0, 0.05) is 6.20 Å². The standard InChI is InChI=1S/C13H11BrFN3O2/c1-8(11-4-2-3-5-16-11)17-12-6-9(14)10(15)7-13(12)18(19)20/h2-8,17H,1H3. The molecule has 0 fully saturated rings. The van der Waals surface area contributed by atoms with E-state index in [0.29, 0.717) is 0 Å². The molecule has 0 bridgehead atoms. The van der Waals surface area contributed by atoms with Gasteiger partial charge in [0.2, 0.25) is 0 Å². The molecule has 7 heteroatoms. The third-order valence-electron chi connectivity index (χ3n) is 2.74. The van der Waals surface area contributed by atoms with Gasteiger partial charge in [-0.1, -0.05) is 6.07 Å². The number of aromatic nitrogens is 1. The number of nitrogens with one attached hydrogen (secondary N) is 1. The molecule has 1 unspecified atom stereocenters. The highest BCUT2D eigenvalue weighted by Gasteiger charge is 2.19. The first kappa shape index (κ1) is 14.4. The predicted molar refractivity (Wildman–Crippen MR) is 77.0 cm³/mol. The highest BCUT2D eigenvalue weighted by atomic mass is 79.9. The number of halogens is 2. The molecule has 104 valence electrons. The van der Waals surface area contributed by atoms with Crippen LogP contribution in [-0.4, -0.2) is 9.91 Å². The van der Waals surface area contributed by atoms with E-state index in [2.05, 4.69) is 26.2 Å². The van der Waals surface area contributed by atoms with Crippen LogP contribution in [0.1, 0.15) is 18.7 Å². The lowest BCUT2D eigenvalue weighted by atomic mass is 10.2. The lowest BCUT2D eigenvalue weighted by molar-refractivity contribution is -0.384. The van der Waals surface area contributed by atoms with Gasteiger partial charge in [-0.15, -0.1) is 0 Å². The Kier molecular flexibility index (Phi) is 4.29. The highest BCUT2D eigenvalue weighted by molar-refractivity contribution is 9.10. The number of rotatable bonds is 4. The van der Waals surface area contributed by atoms with Gasteiger partial charge in [-0.3, -0.25) is 15.1 Å². The van der Waals surface area contributed by atoms with Crippen molar-refractivity contribution in [3.8, 4) is 0 Å². The molecule has 2 aromatic rings. The van der Waals surface area contributed by atoms with Crippen molar-refractivity contribution in [3.05, 3.63) is 62.6 Å². The first-order chi connectivity index (χ1) is 9.49. The number of hydrogen-bond donors (Lipinski definition) is 1. The summed E-state index contributed by atoms with van der Waals surface area (Å²) in [5.74, 6) is -0.673. The van der Waals surface area contributed by atoms with Crippen molar-refractivity contribution in [2.24, 2.45) is 0 Å². The number of pyridine rings is 1. The monoisotopic (exact) mass is 339 g/mol. The van der Waals surface area contributed by atoms with E-state index in [1.165, 1.54) is 6.07 Å². The Morgan fingerprint density at radius 3 is 2.80 bits per heavy atom. The van der Waals surface area contributed by atoms with Gasteiger partial charge in [-0.05, 0) is 41.1 Å². The zero-order chi connectivity index (χ0) is 14.7. The molecule has 0 amide bonds. The van der Waals surface area contributed by atoms with Crippen molar-refractivity contribution < 1.29 is 9.31 Å². The average Bonchev–Trinajstić information content (AvgIpc) is 2.43. The van der Waals surface area contributed by atoms with Gasteiger partial charge in [0.15, 0.2) is 0 Å². The van der Waals surface area contributed by atoms with Crippen LogP contribution in [0.25, 0.3) is 0 Å². The molecule has 1 heterocycles. The van der Waals surface area contributed by atoms with E-state index in [1.807, 2.05) is 19.1 Å². The van der Waals surface area contributed by atoms with E-state index in [0.717, 1.165) is 11.8 Å². The second-order valence-electron chi connectivity index (χ2n) is 4.16. The van der Waals surface area contributed by atoms with Crippen LogP contribution >= 0.6 is 15.9 Å². The Morgan fingerprint density at radius 2 is 2.20 bits per heavy atom. The van der Waals surface area contributed by atoms with Gasteiger partial charge in [0.05, 0.1) is 27.2 Å². The summed E-state index contributed by atoms with van der Waals surface area (Å²) >= 11 is 3.02. The van der Waals surface area contributed by atoms with Gasteiger partial charge < -0.3 is 5.32 Å². The van der Waals surface area contributed by atoms with Gasteiger partial charge in [-0.2, -0.15) is 0 Å². The van der Waals surface area contributed by atoms with Crippen LogP contribution < -0.4 is 5.32 Å². The molecular weight excluding hydrogens is 329 g/mol. The summed E-state index contributed by atoms with van der Waals surface area (Å²) in [6, 6.07) is 7.42. The van der Waals surface area contributed by atoms with Crippen molar-refractivity contribution >= 4 is 27.3 Å². The van der Waals surface area contributed by atoms with Gasteiger partial charge in [0.25, 0.3) is 5.69 Å². The molecule has 1 atom stereocenters. The van der Waals surface area contributed by atoms with Crippen LogP contribution in [0, 0.1) is 15.9 Å². The van der Waals surface area contributed by atoms with E-state index >= 15 is 0 Å². The molecule has 20 heavy (non-hydrogen) atoms. The first-order valence-electron chi connectivity index (χ1n) is 5.80. The fourth-order valence-corrected chi connectivity index (χ4v) is 2.09. The number of nitrogens with zero attached hydrogens (tertiary/aromatic N) is 2. The second kappa shape index (κ2) is 5.96. The fraction of sp³-hybridized carbons (Fsp3) is 0.154. The molecule has 0 radical (unpaired) electrons. The average molecular weight is 340 g/mol. The molecule has 0 aliphatic carbocycles. The minimum Gasteiger partial charge on any atom is -0.371 e. The Morgan fingerprint density at radius 1 is 1.45 bits per heavy atom. The van der Waals surface area contributed by atoms with Gasteiger partial charge in [0.1, 0.15) is 11.5 Å². The zero-order valence-corrected chi connectivity index (χ0v) is 12.1. The molecule has 0 aliphatic heterocycles. The van der Waals surface area contributed by atoms with Crippen LogP contribution in [0.5, 0.6) is 0 Å². The van der Waals surface area contributed by atoms with Crippen molar-refractivity contribution in [2.75, 3.05) is 5.32 Å². The van der Waals surface area contributed by atoms with Crippen LogP contribution in [0.2, 0.25) is 0 Å². The van der Waals surface area contributed by atoms with E-state index in [-0.39, 0.29) is 21.9 Å². The third kappa shape index (κ3) is 3.11. The summed E-state index contributed by atoms with van der Waals surface area (Å²) in [6.07, 6.45) is 1.64. The maximum absolute atomic E-state index is 13.4. The summed E-state index contributed by atoms with van der Waals surface area (Å²) in [7, 11) is 0. The molecule has 0 saturated carbocycles. The maximum atomic E-state index is 13.4. The number of benzene rings is 1. The predicted octanol–water partition coefficient (Wildman–Crippen LogP) is 4.06. The topological polar surface area (TPSA) is 68.1 Å². The number of nitro groups is 1. The van der Waals surface area contributed by atoms with Crippen LogP contribution in [-0.2, 0) is 0 Å². The van der Waals surface area contributed by atoms with Crippen molar-refractivity contribution in [2.45, 2.75) is 13.0 Å². The Labute approximate surface area is 123 Å². The smallest absolute Gasteiger partial charge is 0.295 e. The van der Waals surface area contributed by atoms with Crippen LogP contribution in [0.4, 0.5) is 15.8 Å². The first-order valence-corrected chi connectivity index (χ1v) is 6.59. The Balaban J connectivity index is 2.33. The SMILES string of the molecule is CC(Nc1cc(Br)c(F)cc1[N+](=O)[O-])c1ccccn1. The normalized spacial score (nSPS) is 11.9. The molecule has 0 saturated heterocycles. The van der Waals surface area contributed by atoms with E-state index < -0.39 is 10.7 Å². The molecular formula is C13H11BrFN3O2. The van der Waals surface area contributed by atoms with Crippen molar-refractivity contribution in [3.63, 3.8) is 0 Å². The summed E-state index contributed by atoms with van der Waals surface area (Å²) in [4.78, 5) is 14.5. The largest absolute Gasteiger partial charge is 0.371 e. The molecule has 5 nitrogen and oxygen atoms in total. The maximum Gasteiger partial charge on any atom is 0.295 e. The summed E-state index contributed by atoms with van der Waals surface area (Å²) < 4.78 is 13.6. The van der Waals surface area contributed by atoms with E-state index in [9.17, 15) is 14.5 Å². The quantitative estimate of drug-likeness (QED) is 0.673. The van der Waals surface area contributed by atoms with Gasteiger partial charge in [-0.25, -0.2) is 4.39 Å². The second-order valence-corrected chi connectivity index (χ2v) is 5.02. The number of anilines is 1. The minimum absolute atomic E-state index is 0.166. The molecule has 1 aromatic heterocycles. The molecule has 1 N–H and O–H groups in total. The number of nitro benzene ring substituents is 1. The summed E-state index contributed by atoms with van der Waals surface area (Å²) in [5, 5.41) is 13.9. The molecule has 2 rings (SSSR count). The van der Waals surface area contributed by atoms with Crippen LogP contribution in [0.3, 0.4) is 0 Å². The van der Waals surface area contributed by atoms with E-state index in [1.54, 1.807) is 12.3 Å². The molecule has 1 aromatic carbocycles. The molecule has 0 aliphatic rings. The number of hydrogen-bond acceptors (Lipinski definition) is 4.